The van der Waals surface area contributed by atoms with Gasteiger partial charge in [0.2, 0.25) is 5.75 Å². The Kier molecular flexibility index (Phi) is 5.55. The summed E-state index contributed by atoms with van der Waals surface area (Å²) in [5.41, 5.74) is 4.20. The van der Waals surface area contributed by atoms with E-state index in [9.17, 15) is 4.79 Å². The average molecular weight is 426 g/mol. The van der Waals surface area contributed by atoms with Gasteiger partial charge in [-0.2, -0.15) is 0 Å². The van der Waals surface area contributed by atoms with E-state index in [4.69, 9.17) is 18.9 Å². The molecule has 1 aliphatic carbocycles. The summed E-state index contributed by atoms with van der Waals surface area (Å²) in [5, 5.41) is 2.95. The normalized spacial score (nSPS) is 11.9. The molecule has 0 saturated heterocycles. The molecular weight excluding hydrogens is 402 g/mol. The van der Waals surface area contributed by atoms with Gasteiger partial charge in [0.15, 0.2) is 11.5 Å². The molecule has 30 heavy (non-hydrogen) atoms. The first-order valence-electron chi connectivity index (χ1n) is 9.49. The number of aryl methyl sites for hydroxylation is 2. The highest BCUT2D eigenvalue weighted by molar-refractivity contribution is 7.17. The maximum absolute atomic E-state index is 13.0. The van der Waals surface area contributed by atoms with Crippen LogP contribution in [0.15, 0.2) is 36.4 Å². The van der Waals surface area contributed by atoms with Crippen molar-refractivity contribution in [2.24, 2.45) is 0 Å². The van der Waals surface area contributed by atoms with Crippen molar-refractivity contribution in [3.8, 4) is 33.4 Å². The van der Waals surface area contributed by atoms with Crippen LogP contribution in [0, 0.1) is 0 Å². The van der Waals surface area contributed by atoms with Crippen molar-refractivity contribution in [1.82, 2.24) is 0 Å². The lowest BCUT2D eigenvalue weighted by Gasteiger charge is -2.16. The number of methoxy groups -OCH3 is 4. The molecule has 0 spiro atoms. The zero-order chi connectivity index (χ0) is 21.3. The van der Waals surface area contributed by atoms with Crippen LogP contribution >= 0.6 is 11.3 Å². The highest BCUT2D eigenvalue weighted by Crippen LogP contribution is 2.42. The molecule has 156 valence electrons. The van der Waals surface area contributed by atoms with E-state index in [1.807, 2.05) is 12.1 Å². The molecule has 1 aromatic heterocycles. The molecule has 0 radical (unpaired) electrons. The smallest absolute Gasteiger partial charge is 0.265 e. The Morgan fingerprint density at radius 3 is 2.20 bits per heavy atom. The summed E-state index contributed by atoms with van der Waals surface area (Å²) in [4.78, 5) is 14.8. The molecule has 1 heterocycles. The molecule has 1 amide bonds. The summed E-state index contributed by atoms with van der Waals surface area (Å²) in [7, 11) is 6.31. The van der Waals surface area contributed by atoms with Crippen LogP contribution in [0.4, 0.5) is 5.69 Å². The first-order valence-corrected chi connectivity index (χ1v) is 10.3. The molecule has 0 saturated carbocycles. The Labute approximate surface area is 179 Å². The second-order valence-corrected chi connectivity index (χ2v) is 7.91. The Balaban J connectivity index is 1.62. The Hall–Kier alpha value is -3.19. The van der Waals surface area contributed by atoms with E-state index in [1.54, 1.807) is 40.6 Å². The van der Waals surface area contributed by atoms with Crippen LogP contribution in [0.2, 0.25) is 0 Å². The molecule has 4 rings (SSSR count). The van der Waals surface area contributed by atoms with Crippen molar-refractivity contribution in [2.45, 2.75) is 12.8 Å². The molecule has 0 fully saturated rings. The third-order valence-corrected chi connectivity index (χ3v) is 6.39. The Bertz CT molecular complexity index is 1080. The Morgan fingerprint density at radius 2 is 1.57 bits per heavy atom. The molecule has 1 aliphatic rings. The molecule has 0 unspecified atom stereocenters. The molecule has 6 nitrogen and oxygen atoms in total. The fraction of sp³-hybridized carbons (Fsp3) is 0.261. The summed E-state index contributed by atoms with van der Waals surface area (Å²) in [6.45, 7) is 0. The predicted octanol–water partition coefficient (Wildman–Crippen LogP) is 4.80. The summed E-state index contributed by atoms with van der Waals surface area (Å²) >= 11 is 1.51. The fourth-order valence-electron chi connectivity index (χ4n) is 3.70. The number of fused-ring (bicyclic) bond motifs is 3. The van der Waals surface area contributed by atoms with Gasteiger partial charge < -0.3 is 24.3 Å². The minimum Gasteiger partial charge on any atom is -0.497 e. The number of carbonyl (C=O) groups excluding carboxylic acids is 1. The average Bonchev–Trinajstić information content (AvgIpc) is 3.22. The van der Waals surface area contributed by atoms with Crippen molar-refractivity contribution >= 4 is 22.9 Å². The molecular formula is C23H23NO5S. The van der Waals surface area contributed by atoms with Crippen LogP contribution in [0.25, 0.3) is 10.4 Å². The lowest BCUT2D eigenvalue weighted by molar-refractivity contribution is 0.103. The van der Waals surface area contributed by atoms with Gasteiger partial charge in [-0.05, 0) is 53.8 Å². The summed E-state index contributed by atoms with van der Waals surface area (Å²) in [6.07, 6.45) is 1.84. The van der Waals surface area contributed by atoms with Gasteiger partial charge >= 0.3 is 0 Å². The number of hydrogen-bond donors (Lipinski definition) is 1. The Morgan fingerprint density at radius 1 is 0.867 bits per heavy atom. The quantitative estimate of drug-likeness (QED) is 0.615. The second kappa shape index (κ2) is 8.28. The molecule has 1 N–H and O–H groups in total. The summed E-state index contributed by atoms with van der Waals surface area (Å²) in [5.74, 6) is 2.14. The minimum absolute atomic E-state index is 0.168. The number of rotatable bonds is 6. The number of nitrogens with one attached hydrogen (secondary N) is 1. The largest absolute Gasteiger partial charge is 0.497 e. The van der Waals surface area contributed by atoms with Gasteiger partial charge in [0.05, 0.1) is 33.3 Å². The van der Waals surface area contributed by atoms with Crippen LogP contribution in [-0.2, 0) is 12.8 Å². The number of benzene rings is 2. The molecule has 0 atom stereocenters. The van der Waals surface area contributed by atoms with Gasteiger partial charge in [-0.3, -0.25) is 4.79 Å². The lowest BCUT2D eigenvalue weighted by atomic mass is 9.91. The van der Waals surface area contributed by atoms with Crippen LogP contribution in [-0.4, -0.2) is 34.3 Å². The van der Waals surface area contributed by atoms with Crippen molar-refractivity contribution in [3.05, 3.63) is 52.4 Å². The van der Waals surface area contributed by atoms with Crippen LogP contribution in [0.1, 0.15) is 20.8 Å². The highest BCUT2D eigenvalue weighted by atomic mass is 32.1. The number of hydrogen-bond acceptors (Lipinski definition) is 6. The minimum atomic E-state index is -0.168. The van der Waals surface area contributed by atoms with Gasteiger partial charge in [0.1, 0.15) is 5.75 Å². The maximum atomic E-state index is 13.0. The van der Waals surface area contributed by atoms with E-state index in [0.717, 1.165) is 23.5 Å². The van der Waals surface area contributed by atoms with Gasteiger partial charge in [0.25, 0.3) is 5.91 Å². The topological polar surface area (TPSA) is 66.0 Å². The monoisotopic (exact) mass is 425 g/mol. The van der Waals surface area contributed by atoms with Crippen LogP contribution in [0.3, 0.4) is 0 Å². The standard InChI is InChI=1S/C23H23NO5S/c1-26-16-7-8-17-13(9-16)5-6-14-10-20(30-22(14)17)23(25)24-15-11-18(27-2)21(29-4)19(12-15)28-3/h7-12H,5-6H2,1-4H3,(H,24,25). The number of anilines is 1. The number of amides is 1. The second-order valence-electron chi connectivity index (χ2n) is 6.86. The van der Waals surface area contributed by atoms with Gasteiger partial charge in [-0.1, -0.05) is 0 Å². The van der Waals surface area contributed by atoms with Crippen LogP contribution < -0.4 is 24.3 Å². The molecule has 7 heteroatoms. The molecule has 3 aromatic rings. The van der Waals surface area contributed by atoms with E-state index in [-0.39, 0.29) is 5.91 Å². The fourth-order valence-corrected chi connectivity index (χ4v) is 4.86. The van der Waals surface area contributed by atoms with E-state index < -0.39 is 0 Å². The number of carbonyl (C=O) groups is 1. The maximum Gasteiger partial charge on any atom is 0.265 e. The SMILES string of the molecule is COc1ccc2c(c1)CCc1cc(C(=O)Nc3cc(OC)c(OC)c(OC)c3)sc1-2. The van der Waals surface area contributed by atoms with Crippen molar-refractivity contribution in [2.75, 3.05) is 33.8 Å². The van der Waals surface area contributed by atoms with Gasteiger partial charge in [-0.15, -0.1) is 11.3 Å². The lowest BCUT2D eigenvalue weighted by Crippen LogP contribution is -2.10. The molecule has 0 bridgehead atoms. The van der Waals surface area contributed by atoms with Crippen molar-refractivity contribution in [3.63, 3.8) is 0 Å². The van der Waals surface area contributed by atoms with Crippen molar-refractivity contribution in [1.29, 1.82) is 0 Å². The van der Waals surface area contributed by atoms with E-state index in [2.05, 4.69) is 17.4 Å². The van der Waals surface area contributed by atoms with E-state index in [1.165, 1.54) is 28.0 Å². The molecule has 2 aromatic carbocycles. The van der Waals surface area contributed by atoms with E-state index >= 15 is 0 Å². The van der Waals surface area contributed by atoms with Crippen molar-refractivity contribution < 1.29 is 23.7 Å². The first-order chi connectivity index (χ1) is 14.6. The molecule has 0 aliphatic heterocycles. The summed E-state index contributed by atoms with van der Waals surface area (Å²) in [6, 6.07) is 11.5. The number of ether oxygens (including phenoxy) is 4. The van der Waals surface area contributed by atoms with E-state index in [0.29, 0.717) is 27.8 Å². The zero-order valence-electron chi connectivity index (χ0n) is 17.3. The number of thiophene rings is 1. The summed E-state index contributed by atoms with van der Waals surface area (Å²) < 4.78 is 21.4. The van der Waals surface area contributed by atoms with Crippen LogP contribution in [0.5, 0.6) is 23.0 Å². The predicted molar refractivity (Wildman–Crippen MR) is 118 cm³/mol. The zero-order valence-corrected chi connectivity index (χ0v) is 18.1. The third-order valence-electron chi connectivity index (χ3n) is 5.18. The van der Waals surface area contributed by atoms with Gasteiger partial charge in [0, 0.05) is 22.7 Å². The van der Waals surface area contributed by atoms with Gasteiger partial charge in [-0.25, -0.2) is 0 Å². The first kappa shape index (κ1) is 20.1. The highest BCUT2D eigenvalue weighted by Gasteiger charge is 2.23. The third kappa shape index (κ3) is 3.57.